The van der Waals surface area contributed by atoms with Crippen LogP contribution in [0.5, 0.6) is 34.5 Å². The van der Waals surface area contributed by atoms with Gasteiger partial charge < -0.3 is 33.3 Å². The Morgan fingerprint density at radius 2 is 1.46 bits per heavy atom. The summed E-state index contributed by atoms with van der Waals surface area (Å²) in [5.74, 6) is 2.41. The van der Waals surface area contributed by atoms with Gasteiger partial charge in [-0.3, -0.25) is 14.9 Å². The normalized spacial score (nSPS) is 14.2. The van der Waals surface area contributed by atoms with E-state index in [1.165, 1.54) is 45.6 Å². The Hall–Kier alpha value is -4.67. The number of fused-ring (bicyclic) bond motifs is 1. The Balaban J connectivity index is 1.73. The predicted octanol–water partition coefficient (Wildman–Crippen LogP) is 4.46. The second-order valence-corrected chi connectivity index (χ2v) is 8.65. The molecule has 11 nitrogen and oxygen atoms in total. The molecular formula is C28H30N2O9. The van der Waals surface area contributed by atoms with Crippen LogP contribution in [0.4, 0.5) is 5.69 Å². The van der Waals surface area contributed by atoms with Gasteiger partial charge in [-0.05, 0) is 53.9 Å². The molecule has 4 rings (SSSR count). The molecule has 0 unspecified atom stereocenters. The SMILES string of the molecule is COc1cc2c(cc1OC)[C@H](COc1ccc([N+](=O)[O-])cc1)N(C(=O)c1cc(OC)c(OC)c(OC)c1)CC2. The maximum absolute atomic E-state index is 14.0. The van der Waals surface area contributed by atoms with Crippen molar-refractivity contribution < 1.29 is 38.1 Å². The summed E-state index contributed by atoms with van der Waals surface area (Å²) in [5.41, 5.74) is 2.16. The van der Waals surface area contributed by atoms with E-state index in [4.69, 9.17) is 28.4 Å². The van der Waals surface area contributed by atoms with Crippen LogP contribution in [0.15, 0.2) is 48.5 Å². The molecule has 0 saturated carbocycles. The van der Waals surface area contributed by atoms with E-state index in [0.29, 0.717) is 53.0 Å². The van der Waals surface area contributed by atoms with Crippen LogP contribution in [0.3, 0.4) is 0 Å². The lowest BCUT2D eigenvalue weighted by molar-refractivity contribution is -0.384. The number of nitrogens with zero attached hydrogens (tertiary/aromatic N) is 2. The largest absolute Gasteiger partial charge is 0.493 e. The number of carbonyl (C=O) groups is 1. The summed E-state index contributed by atoms with van der Waals surface area (Å²) in [6.07, 6.45) is 0.583. The Morgan fingerprint density at radius 3 is 2.00 bits per heavy atom. The minimum atomic E-state index is -0.504. The molecule has 0 N–H and O–H groups in total. The van der Waals surface area contributed by atoms with Crippen LogP contribution in [0.2, 0.25) is 0 Å². The van der Waals surface area contributed by atoms with Gasteiger partial charge in [0.05, 0.1) is 46.5 Å². The number of rotatable bonds is 10. The molecule has 0 spiro atoms. The van der Waals surface area contributed by atoms with E-state index < -0.39 is 11.0 Å². The average molecular weight is 539 g/mol. The molecule has 0 bridgehead atoms. The smallest absolute Gasteiger partial charge is 0.269 e. The predicted molar refractivity (Wildman–Crippen MR) is 142 cm³/mol. The van der Waals surface area contributed by atoms with E-state index >= 15 is 0 Å². The lowest BCUT2D eigenvalue weighted by Crippen LogP contribution is -2.42. The third-order valence-corrected chi connectivity index (χ3v) is 6.63. The monoisotopic (exact) mass is 538 g/mol. The first-order chi connectivity index (χ1) is 18.8. The third kappa shape index (κ3) is 5.47. The number of hydrogen-bond acceptors (Lipinski definition) is 9. The summed E-state index contributed by atoms with van der Waals surface area (Å²) in [6.45, 7) is 0.503. The quantitative estimate of drug-likeness (QED) is 0.272. The molecule has 0 fully saturated rings. The van der Waals surface area contributed by atoms with Crippen molar-refractivity contribution in [3.8, 4) is 34.5 Å². The Labute approximate surface area is 225 Å². The van der Waals surface area contributed by atoms with E-state index in [0.717, 1.165) is 11.1 Å². The molecule has 3 aromatic carbocycles. The second-order valence-electron chi connectivity index (χ2n) is 8.65. The Kier molecular flexibility index (Phi) is 8.28. The molecule has 3 aromatic rings. The zero-order valence-corrected chi connectivity index (χ0v) is 22.4. The number of benzene rings is 3. The van der Waals surface area contributed by atoms with Gasteiger partial charge in [0.15, 0.2) is 23.0 Å². The van der Waals surface area contributed by atoms with Gasteiger partial charge in [0.2, 0.25) is 5.75 Å². The molecule has 0 saturated heterocycles. The molecule has 1 aliphatic rings. The van der Waals surface area contributed by atoms with E-state index in [-0.39, 0.29) is 18.2 Å². The summed E-state index contributed by atoms with van der Waals surface area (Å²) in [4.78, 5) is 26.2. The number of methoxy groups -OCH3 is 5. The number of amides is 1. The van der Waals surface area contributed by atoms with Crippen LogP contribution < -0.4 is 28.4 Å². The summed E-state index contributed by atoms with van der Waals surface area (Å²) in [5, 5.41) is 11.0. The van der Waals surface area contributed by atoms with Crippen molar-refractivity contribution in [3.05, 3.63) is 75.3 Å². The summed E-state index contributed by atoms with van der Waals surface area (Å²) < 4.78 is 33.4. The highest BCUT2D eigenvalue weighted by Gasteiger charge is 2.34. The fourth-order valence-electron chi connectivity index (χ4n) is 4.66. The van der Waals surface area contributed by atoms with Crippen LogP contribution >= 0.6 is 0 Å². The first-order valence-corrected chi connectivity index (χ1v) is 12.1. The first kappa shape index (κ1) is 27.4. The van der Waals surface area contributed by atoms with E-state index in [1.54, 1.807) is 31.3 Å². The van der Waals surface area contributed by atoms with Crippen LogP contribution in [0.1, 0.15) is 27.5 Å². The van der Waals surface area contributed by atoms with Crippen molar-refractivity contribution in [2.24, 2.45) is 0 Å². The van der Waals surface area contributed by atoms with Crippen molar-refractivity contribution in [2.45, 2.75) is 12.5 Å². The maximum atomic E-state index is 14.0. The molecule has 0 radical (unpaired) electrons. The second kappa shape index (κ2) is 11.8. The van der Waals surface area contributed by atoms with Crippen LogP contribution in [-0.2, 0) is 6.42 Å². The highest BCUT2D eigenvalue weighted by molar-refractivity contribution is 5.96. The zero-order valence-electron chi connectivity index (χ0n) is 22.4. The number of hydrogen-bond donors (Lipinski definition) is 0. The van der Waals surface area contributed by atoms with Crippen molar-refractivity contribution in [3.63, 3.8) is 0 Å². The number of carbonyl (C=O) groups excluding carboxylic acids is 1. The molecule has 0 aliphatic carbocycles. The number of ether oxygens (including phenoxy) is 6. The zero-order chi connectivity index (χ0) is 28.1. The third-order valence-electron chi connectivity index (χ3n) is 6.63. The maximum Gasteiger partial charge on any atom is 0.269 e. The highest BCUT2D eigenvalue weighted by Crippen LogP contribution is 2.41. The fraction of sp³-hybridized carbons (Fsp3) is 0.321. The van der Waals surface area contributed by atoms with Gasteiger partial charge in [-0.1, -0.05) is 0 Å². The summed E-state index contributed by atoms with van der Waals surface area (Å²) >= 11 is 0. The van der Waals surface area contributed by atoms with Crippen LogP contribution in [-0.4, -0.2) is 64.4 Å². The van der Waals surface area contributed by atoms with Gasteiger partial charge in [0.1, 0.15) is 12.4 Å². The lowest BCUT2D eigenvalue weighted by Gasteiger charge is -2.37. The molecule has 1 aliphatic heterocycles. The minimum absolute atomic E-state index is 0.0404. The molecule has 1 amide bonds. The number of non-ortho nitro benzene ring substituents is 1. The van der Waals surface area contributed by atoms with Gasteiger partial charge in [-0.2, -0.15) is 0 Å². The molecule has 206 valence electrons. The lowest BCUT2D eigenvalue weighted by atomic mass is 9.91. The molecule has 39 heavy (non-hydrogen) atoms. The van der Waals surface area contributed by atoms with Crippen LogP contribution in [0, 0.1) is 10.1 Å². The van der Waals surface area contributed by atoms with Gasteiger partial charge >= 0.3 is 0 Å². The fourth-order valence-corrected chi connectivity index (χ4v) is 4.66. The molecule has 0 aromatic heterocycles. The first-order valence-electron chi connectivity index (χ1n) is 12.1. The molecule has 1 atom stereocenters. The highest BCUT2D eigenvalue weighted by atomic mass is 16.6. The minimum Gasteiger partial charge on any atom is -0.493 e. The Morgan fingerprint density at radius 1 is 0.872 bits per heavy atom. The van der Waals surface area contributed by atoms with Gasteiger partial charge in [0, 0.05) is 24.2 Å². The summed E-state index contributed by atoms with van der Waals surface area (Å²) in [7, 11) is 7.60. The Bertz CT molecular complexity index is 1330. The molecule has 11 heteroatoms. The van der Waals surface area contributed by atoms with Crippen molar-refractivity contribution in [2.75, 3.05) is 48.7 Å². The van der Waals surface area contributed by atoms with E-state index in [2.05, 4.69) is 0 Å². The van der Waals surface area contributed by atoms with Crippen molar-refractivity contribution in [1.29, 1.82) is 0 Å². The average Bonchev–Trinajstić information content (AvgIpc) is 2.97. The molecular weight excluding hydrogens is 508 g/mol. The van der Waals surface area contributed by atoms with Crippen LogP contribution in [0.25, 0.3) is 0 Å². The topological polar surface area (TPSA) is 119 Å². The van der Waals surface area contributed by atoms with Gasteiger partial charge in [-0.25, -0.2) is 0 Å². The number of nitro benzene ring substituents is 1. The summed E-state index contributed by atoms with van der Waals surface area (Å²) in [6, 6.07) is 12.3. The van der Waals surface area contributed by atoms with E-state index in [9.17, 15) is 14.9 Å². The van der Waals surface area contributed by atoms with Crippen molar-refractivity contribution >= 4 is 11.6 Å². The standard InChI is InChI=1S/C28H30N2O9/c1-34-23-12-17-10-11-29(28(31)18-13-25(36-3)27(38-5)26(14-18)37-4)22(21(17)15-24(23)35-2)16-39-20-8-6-19(7-9-20)30(32)33/h6-9,12-15,22H,10-11,16H2,1-5H3/t22-/m0/s1. The molecule has 1 heterocycles. The van der Waals surface area contributed by atoms with Crippen molar-refractivity contribution in [1.82, 2.24) is 4.90 Å². The van der Waals surface area contributed by atoms with E-state index in [1.807, 2.05) is 12.1 Å². The van der Waals surface area contributed by atoms with Gasteiger partial charge in [0.25, 0.3) is 11.6 Å². The van der Waals surface area contributed by atoms with Gasteiger partial charge in [-0.15, -0.1) is 0 Å². The number of nitro groups is 1.